The number of allylic oxidation sites excluding steroid dienone is 2. The van der Waals surface area contributed by atoms with Gasteiger partial charge in [0, 0.05) is 24.7 Å². The lowest BCUT2D eigenvalue weighted by molar-refractivity contribution is -0.150. The lowest BCUT2D eigenvalue weighted by Crippen LogP contribution is -2.29. The molecule has 4 atom stereocenters. The molecule has 0 aromatic heterocycles. The first-order chi connectivity index (χ1) is 11.2. The zero-order valence-corrected chi connectivity index (χ0v) is 14.5. The van der Waals surface area contributed by atoms with E-state index in [1.54, 1.807) is 0 Å². The van der Waals surface area contributed by atoms with Crippen molar-refractivity contribution in [1.29, 1.82) is 0 Å². The summed E-state index contributed by atoms with van der Waals surface area (Å²) >= 11 is 0. The molecule has 4 unspecified atom stereocenters. The highest BCUT2D eigenvalue weighted by molar-refractivity contribution is 5.69. The van der Waals surface area contributed by atoms with E-state index in [1.807, 2.05) is 0 Å². The van der Waals surface area contributed by atoms with E-state index >= 15 is 0 Å². The molecule has 0 aliphatic heterocycles. The van der Waals surface area contributed by atoms with Gasteiger partial charge in [-0.05, 0) is 31.1 Å². The second-order valence-corrected chi connectivity index (χ2v) is 6.85. The fourth-order valence-electron chi connectivity index (χ4n) is 3.69. The molecule has 0 aromatic rings. The topological polar surface area (TPSA) is 52.6 Å². The third kappa shape index (κ3) is 5.08. The summed E-state index contributed by atoms with van der Waals surface area (Å²) in [6.07, 6.45) is 10.4. The van der Waals surface area contributed by atoms with Crippen molar-refractivity contribution in [2.45, 2.75) is 58.8 Å². The highest BCUT2D eigenvalue weighted by Crippen LogP contribution is 2.48. The average molecular weight is 322 g/mol. The van der Waals surface area contributed by atoms with E-state index in [2.05, 4.69) is 26.0 Å². The number of hydrogen-bond donors (Lipinski definition) is 0. The molecule has 0 spiro atoms. The van der Waals surface area contributed by atoms with Crippen LogP contribution in [0.4, 0.5) is 0 Å². The SMILES string of the molecule is CCCCC(=O)OCC1C2C=CC(C2)C1COC(=O)CCCC. The molecule has 1 saturated carbocycles. The molecule has 2 aliphatic carbocycles. The number of fused-ring (bicyclic) bond motifs is 2. The molecule has 2 aliphatic rings. The number of hydrogen-bond acceptors (Lipinski definition) is 4. The Bertz CT molecular complexity index is 391. The molecule has 0 heterocycles. The molecule has 4 nitrogen and oxygen atoms in total. The highest BCUT2D eigenvalue weighted by atomic mass is 16.5. The maximum absolute atomic E-state index is 11.7. The monoisotopic (exact) mass is 322 g/mol. The largest absolute Gasteiger partial charge is 0.465 e. The smallest absolute Gasteiger partial charge is 0.305 e. The molecule has 23 heavy (non-hydrogen) atoms. The summed E-state index contributed by atoms with van der Waals surface area (Å²) in [5.41, 5.74) is 0. The van der Waals surface area contributed by atoms with Crippen molar-refractivity contribution < 1.29 is 19.1 Å². The van der Waals surface area contributed by atoms with Gasteiger partial charge < -0.3 is 9.47 Å². The zero-order chi connectivity index (χ0) is 16.7. The summed E-state index contributed by atoms with van der Waals surface area (Å²) < 4.78 is 10.9. The number of rotatable bonds is 10. The van der Waals surface area contributed by atoms with Crippen LogP contribution in [0, 0.1) is 23.7 Å². The Morgan fingerprint density at radius 1 is 0.870 bits per heavy atom. The van der Waals surface area contributed by atoms with Gasteiger partial charge in [0.15, 0.2) is 0 Å². The van der Waals surface area contributed by atoms with Gasteiger partial charge in [0.05, 0.1) is 13.2 Å². The van der Waals surface area contributed by atoms with Crippen LogP contribution in [-0.4, -0.2) is 25.2 Å². The van der Waals surface area contributed by atoms with Gasteiger partial charge in [-0.25, -0.2) is 0 Å². The lowest BCUT2D eigenvalue weighted by Gasteiger charge is -2.27. The molecule has 0 saturated heterocycles. The van der Waals surface area contributed by atoms with Crippen LogP contribution in [0.5, 0.6) is 0 Å². The van der Waals surface area contributed by atoms with Crippen molar-refractivity contribution in [2.24, 2.45) is 23.7 Å². The molecule has 2 rings (SSSR count). The number of esters is 2. The molecule has 130 valence electrons. The van der Waals surface area contributed by atoms with Crippen LogP contribution in [0.1, 0.15) is 58.8 Å². The average Bonchev–Trinajstić information content (AvgIpc) is 3.15. The van der Waals surface area contributed by atoms with Gasteiger partial charge >= 0.3 is 11.9 Å². The van der Waals surface area contributed by atoms with E-state index in [0.29, 0.717) is 49.7 Å². The molecule has 0 radical (unpaired) electrons. The Labute approximate surface area is 139 Å². The van der Waals surface area contributed by atoms with E-state index in [1.165, 1.54) is 0 Å². The fraction of sp³-hybridized carbons (Fsp3) is 0.789. The number of carbonyl (C=O) groups is 2. The van der Waals surface area contributed by atoms with Crippen molar-refractivity contribution >= 4 is 11.9 Å². The van der Waals surface area contributed by atoms with E-state index in [-0.39, 0.29) is 11.9 Å². The van der Waals surface area contributed by atoms with Gasteiger partial charge in [0.1, 0.15) is 0 Å². The standard InChI is InChI=1S/C19H30O4/c1-3-5-7-18(20)22-12-16-14-9-10-15(11-14)17(16)13-23-19(21)8-6-4-2/h9-10,14-17H,3-8,11-13H2,1-2H3. The highest BCUT2D eigenvalue weighted by Gasteiger charge is 2.45. The minimum absolute atomic E-state index is 0.0997. The third-order valence-corrected chi connectivity index (χ3v) is 5.14. The van der Waals surface area contributed by atoms with Crippen LogP contribution in [0.3, 0.4) is 0 Å². The Kier molecular flexibility index (Phi) is 7.13. The van der Waals surface area contributed by atoms with Crippen LogP contribution < -0.4 is 0 Å². The second-order valence-electron chi connectivity index (χ2n) is 6.85. The van der Waals surface area contributed by atoms with Crippen molar-refractivity contribution in [3.05, 3.63) is 12.2 Å². The Hall–Kier alpha value is -1.32. The van der Waals surface area contributed by atoms with E-state index in [9.17, 15) is 9.59 Å². The molecule has 0 amide bonds. The maximum atomic E-state index is 11.7. The number of ether oxygens (including phenoxy) is 2. The minimum Gasteiger partial charge on any atom is -0.465 e. The zero-order valence-electron chi connectivity index (χ0n) is 14.5. The summed E-state index contributed by atoms with van der Waals surface area (Å²) in [4.78, 5) is 23.5. The van der Waals surface area contributed by atoms with E-state index in [0.717, 1.165) is 32.1 Å². The normalized spacial score (nSPS) is 28.1. The van der Waals surface area contributed by atoms with Crippen molar-refractivity contribution in [3.8, 4) is 0 Å². The number of unbranched alkanes of at least 4 members (excludes halogenated alkanes) is 2. The summed E-state index contributed by atoms with van der Waals surface area (Å²) in [6.45, 7) is 5.06. The van der Waals surface area contributed by atoms with Gasteiger partial charge in [0.2, 0.25) is 0 Å². The Morgan fingerprint density at radius 2 is 1.30 bits per heavy atom. The Morgan fingerprint density at radius 3 is 1.70 bits per heavy atom. The molecule has 0 aromatic carbocycles. The molecular formula is C19H30O4. The first kappa shape index (κ1) is 18.0. The van der Waals surface area contributed by atoms with Crippen LogP contribution in [0.15, 0.2) is 12.2 Å². The predicted molar refractivity (Wildman–Crippen MR) is 88.7 cm³/mol. The van der Waals surface area contributed by atoms with Gasteiger partial charge in [-0.1, -0.05) is 38.8 Å². The maximum Gasteiger partial charge on any atom is 0.305 e. The van der Waals surface area contributed by atoms with Crippen LogP contribution in [0.25, 0.3) is 0 Å². The first-order valence-electron chi connectivity index (χ1n) is 9.15. The van der Waals surface area contributed by atoms with Gasteiger partial charge in [0.25, 0.3) is 0 Å². The van der Waals surface area contributed by atoms with Gasteiger partial charge in [-0.3, -0.25) is 9.59 Å². The number of carbonyl (C=O) groups excluding carboxylic acids is 2. The van der Waals surface area contributed by atoms with Crippen LogP contribution in [0.2, 0.25) is 0 Å². The lowest BCUT2D eigenvalue weighted by atomic mass is 9.84. The molecule has 4 heteroatoms. The van der Waals surface area contributed by atoms with Gasteiger partial charge in [-0.2, -0.15) is 0 Å². The quantitative estimate of drug-likeness (QED) is 0.452. The fourth-order valence-corrected chi connectivity index (χ4v) is 3.69. The van der Waals surface area contributed by atoms with Crippen molar-refractivity contribution in [3.63, 3.8) is 0 Å². The van der Waals surface area contributed by atoms with Crippen LogP contribution in [-0.2, 0) is 19.1 Å². The summed E-state index contributed by atoms with van der Waals surface area (Å²) in [5, 5.41) is 0. The molecular weight excluding hydrogens is 292 g/mol. The molecule has 0 N–H and O–H groups in total. The second kappa shape index (κ2) is 9.09. The molecule has 2 bridgehead atoms. The van der Waals surface area contributed by atoms with Crippen LogP contribution >= 0.6 is 0 Å². The van der Waals surface area contributed by atoms with E-state index in [4.69, 9.17) is 9.47 Å². The van der Waals surface area contributed by atoms with Crippen molar-refractivity contribution in [2.75, 3.05) is 13.2 Å². The Balaban J connectivity index is 1.79. The van der Waals surface area contributed by atoms with E-state index < -0.39 is 0 Å². The predicted octanol–water partition coefficient (Wildman–Crippen LogP) is 3.89. The van der Waals surface area contributed by atoms with Crippen molar-refractivity contribution in [1.82, 2.24) is 0 Å². The first-order valence-corrected chi connectivity index (χ1v) is 9.15. The third-order valence-electron chi connectivity index (χ3n) is 5.14. The van der Waals surface area contributed by atoms with Gasteiger partial charge in [-0.15, -0.1) is 0 Å². The molecule has 1 fully saturated rings. The summed E-state index contributed by atoms with van der Waals surface area (Å²) in [6, 6.07) is 0. The minimum atomic E-state index is -0.0997. The summed E-state index contributed by atoms with van der Waals surface area (Å²) in [7, 11) is 0. The summed E-state index contributed by atoms with van der Waals surface area (Å²) in [5.74, 6) is 1.34.